The number of nitrogens with zero attached hydrogens (tertiary/aromatic N) is 1. The van der Waals surface area contributed by atoms with Crippen LogP contribution in [0.3, 0.4) is 0 Å². The van der Waals surface area contributed by atoms with E-state index in [4.69, 9.17) is 4.74 Å². The summed E-state index contributed by atoms with van der Waals surface area (Å²) in [5, 5.41) is 0. The van der Waals surface area contributed by atoms with Crippen molar-refractivity contribution in [3.8, 4) is 5.88 Å². The molecule has 0 fully saturated rings. The molecule has 3 nitrogen and oxygen atoms in total. The van der Waals surface area contributed by atoms with Crippen LogP contribution >= 0.6 is 0 Å². The first-order valence-corrected chi connectivity index (χ1v) is 6.03. The van der Waals surface area contributed by atoms with Crippen LogP contribution in [0, 0.1) is 11.6 Å². The van der Waals surface area contributed by atoms with Crippen molar-refractivity contribution >= 4 is 5.78 Å². The first-order valence-electron chi connectivity index (χ1n) is 6.03. The molecule has 1 aromatic heterocycles. The molecule has 2 rings (SSSR count). The van der Waals surface area contributed by atoms with E-state index in [0.29, 0.717) is 11.4 Å². The summed E-state index contributed by atoms with van der Waals surface area (Å²) in [6.07, 6.45) is 1.81. The summed E-state index contributed by atoms with van der Waals surface area (Å²) < 4.78 is 30.7. The van der Waals surface area contributed by atoms with Crippen molar-refractivity contribution in [2.75, 3.05) is 7.11 Å². The number of hydrogen-bond donors (Lipinski definition) is 0. The maximum Gasteiger partial charge on any atom is 0.212 e. The van der Waals surface area contributed by atoms with Crippen LogP contribution in [0.5, 0.6) is 5.88 Å². The number of ketones is 1. The predicted molar refractivity (Wildman–Crippen MR) is 69.6 cm³/mol. The molecule has 0 bridgehead atoms. The van der Waals surface area contributed by atoms with Crippen LogP contribution in [0.1, 0.15) is 11.1 Å². The standard InChI is InChI=1S/C15H13F2NO2/c1-20-15-5-3-11(9-18-15)7-12(19)6-10-2-4-13(16)14(17)8-10/h2-5,8-9H,6-7H2,1H3. The monoisotopic (exact) mass is 277 g/mol. The zero-order valence-electron chi connectivity index (χ0n) is 10.9. The Morgan fingerprint density at radius 3 is 2.40 bits per heavy atom. The maximum atomic E-state index is 13.0. The Morgan fingerprint density at radius 1 is 1.10 bits per heavy atom. The third-order valence-electron chi connectivity index (χ3n) is 2.79. The summed E-state index contributed by atoms with van der Waals surface area (Å²) in [6, 6.07) is 6.88. The van der Waals surface area contributed by atoms with Gasteiger partial charge in [0.25, 0.3) is 0 Å². The molecule has 0 atom stereocenters. The van der Waals surface area contributed by atoms with E-state index in [-0.39, 0.29) is 18.6 Å². The smallest absolute Gasteiger partial charge is 0.212 e. The van der Waals surface area contributed by atoms with Crippen LogP contribution < -0.4 is 4.74 Å². The zero-order chi connectivity index (χ0) is 14.5. The Morgan fingerprint density at radius 2 is 1.80 bits per heavy atom. The molecule has 104 valence electrons. The van der Waals surface area contributed by atoms with Gasteiger partial charge in [-0.3, -0.25) is 4.79 Å². The minimum atomic E-state index is -0.943. The molecular weight excluding hydrogens is 264 g/mol. The normalized spacial score (nSPS) is 10.3. The Bertz CT molecular complexity index is 612. The summed E-state index contributed by atoms with van der Waals surface area (Å²) >= 11 is 0. The molecule has 0 saturated heterocycles. The van der Waals surface area contributed by atoms with Crippen LogP contribution in [-0.4, -0.2) is 17.9 Å². The van der Waals surface area contributed by atoms with Gasteiger partial charge in [0.1, 0.15) is 5.78 Å². The van der Waals surface area contributed by atoms with Crippen LogP contribution in [0.4, 0.5) is 8.78 Å². The third-order valence-corrected chi connectivity index (χ3v) is 2.79. The summed E-state index contributed by atoms with van der Waals surface area (Å²) in [5.41, 5.74) is 1.20. The second kappa shape index (κ2) is 6.23. The highest BCUT2D eigenvalue weighted by Crippen LogP contribution is 2.12. The number of methoxy groups -OCH3 is 1. The topological polar surface area (TPSA) is 39.2 Å². The Hall–Kier alpha value is -2.30. The number of pyridine rings is 1. The molecule has 20 heavy (non-hydrogen) atoms. The van der Waals surface area contributed by atoms with E-state index in [2.05, 4.69) is 4.98 Å². The Balaban J connectivity index is 1.99. The van der Waals surface area contributed by atoms with Crippen LogP contribution in [0.2, 0.25) is 0 Å². The number of carbonyl (C=O) groups excluding carboxylic acids is 1. The number of rotatable bonds is 5. The van der Waals surface area contributed by atoms with Gasteiger partial charge in [-0.15, -0.1) is 0 Å². The lowest BCUT2D eigenvalue weighted by Crippen LogP contribution is -2.07. The van der Waals surface area contributed by atoms with Crippen molar-refractivity contribution in [1.82, 2.24) is 4.98 Å². The molecule has 0 saturated carbocycles. The highest BCUT2D eigenvalue weighted by Gasteiger charge is 2.08. The van der Waals surface area contributed by atoms with Gasteiger partial charge in [0.15, 0.2) is 11.6 Å². The molecule has 5 heteroatoms. The number of aromatic nitrogens is 1. The van der Waals surface area contributed by atoms with Gasteiger partial charge in [-0.2, -0.15) is 0 Å². The summed E-state index contributed by atoms with van der Waals surface area (Å²) in [6.45, 7) is 0. The number of ether oxygens (including phenoxy) is 1. The quantitative estimate of drug-likeness (QED) is 0.843. The van der Waals surface area contributed by atoms with Gasteiger partial charge in [-0.25, -0.2) is 13.8 Å². The Labute approximate surface area is 115 Å². The fraction of sp³-hybridized carbons (Fsp3) is 0.200. The number of benzene rings is 1. The lowest BCUT2D eigenvalue weighted by atomic mass is 10.0. The van der Waals surface area contributed by atoms with E-state index >= 15 is 0 Å². The molecule has 0 N–H and O–H groups in total. The predicted octanol–water partition coefficient (Wildman–Crippen LogP) is 2.72. The lowest BCUT2D eigenvalue weighted by molar-refractivity contribution is -0.117. The van der Waals surface area contributed by atoms with Gasteiger partial charge >= 0.3 is 0 Å². The second-order valence-electron chi connectivity index (χ2n) is 4.35. The fourth-order valence-electron chi connectivity index (χ4n) is 1.80. The average molecular weight is 277 g/mol. The van der Waals surface area contributed by atoms with Crippen molar-refractivity contribution in [3.63, 3.8) is 0 Å². The van der Waals surface area contributed by atoms with Gasteiger partial charge in [-0.05, 0) is 23.3 Å². The number of hydrogen-bond acceptors (Lipinski definition) is 3. The summed E-state index contributed by atoms with van der Waals surface area (Å²) in [4.78, 5) is 15.9. The minimum absolute atomic E-state index is 0.0588. The lowest BCUT2D eigenvalue weighted by Gasteiger charge is -2.03. The van der Waals surface area contributed by atoms with Crippen molar-refractivity contribution < 1.29 is 18.3 Å². The SMILES string of the molecule is COc1ccc(CC(=O)Cc2ccc(F)c(F)c2)cn1. The third kappa shape index (κ3) is 3.60. The highest BCUT2D eigenvalue weighted by molar-refractivity contribution is 5.83. The largest absolute Gasteiger partial charge is 0.481 e. The molecule has 0 spiro atoms. The Kier molecular flexibility index (Phi) is 4.40. The van der Waals surface area contributed by atoms with Crippen LogP contribution in [-0.2, 0) is 17.6 Å². The summed E-state index contributed by atoms with van der Waals surface area (Å²) in [7, 11) is 1.51. The molecule has 2 aromatic rings. The van der Waals surface area contributed by atoms with E-state index in [9.17, 15) is 13.6 Å². The molecule has 0 aliphatic rings. The van der Waals surface area contributed by atoms with Gasteiger partial charge in [-0.1, -0.05) is 12.1 Å². The molecular formula is C15H13F2NO2. The molecule has 0 aliphatic carbocycles. The maximum absolute atomic E-state index is 13.0. The van der Waals surface area contributed by atoms with Crippen LogP contribution in [0.15, 0.2) is 36.5 Å². The van der Waals surface area contributed by atoms with Gasteiger partial charge < -0.3 is 4.74 Å². The van der Waals surface area contributed by atoms with Gasteiger partial charge in [0.2, 0.25) is 5.88 Å². The fourth-order valence-corrected chi connectivity index (χ4v) is 1.80. The van der Waals surface area contributed by atoms with Crippen molar-refractivity contribution in [3.05, 3.63) is 59.3 Å². The average Bonchev–Trinajstić information content (AvgIpc) is 2.44. The van der Waals surface area contributed by atoms with E-state index in [1.165, 1.54) is 13.2 Å². The first-order chi connectivity index (χ1) is 9.58. The number of carbonyl (C=O) groups is 1. The molecule has 0 unspecified atom stereocenters. The van der Waals surface area contributed by atoms with E-state index < -0.39 is 11.6 Å². The van der Waals surface area contributed by atoms with Gasteiger partial charge in [0.05, 0.1) is 7.11 Å². The van der Waals surface area contributed by atoms with Crippen molar-refractivity contribution in [2.24, 2.45) is 0 Å². The second-order valence-corrected chi connectivity index (χ2v) is 4.35. The van der Waals surface area contributed by atoms with Crippen LogP contribution in [0.25, 0.3) is 0 Å². The molecule has 1 aromatic carbocycles. The van der Waals surface area contributed by atoms with E-state index in [1.54, 1.807) is 18.3 Å². The zero-order valence-corrected chi connectivity index (χ0v) is 10.9. The summed E-state index contributed by atoms with van der Waals surface area (Å²) in [5.74, 6) is -1.48. The number of Topliss-reactive ketones (excluding diaryl/α,β-unsaturated/α-hetero) is 1. The van der Waals surface area contributed by atoms with E-state index in [0.717, 1.165) is 17.7 Å². The van der Waals surface area contributed by atoms with Crippen molar-refractivity contribution in [1.29, 1.82) is 0 Å². The van der Waals surface area contributed by atoms with Crippen molar-refractivity contribution in [2.45, 2.75) is 12.8 Å². The minimum Gasteiger partial charge on any atom is -0.481 e. The molecule has 0 aliphatic heterocycles. The molecule has 0 amide bonds. The van der Waals surface area contributed by atoms with E-state index in [1.807, 2.05) is 0 Å². The number of halogens is 2. The highest BCUT2D eigenvalue weighted by atomic mass is 19.2. The molecule has 1 heterocycles. The van der Waals surface area contributed by atoms with Gasteiger partial charge in [0, 0.05) is 25.1 Å². The molecule has 0 radical (unpaired) electrons. The first kappa shape index (κ1) is 14.1.